The number of halogens is 1. The molecule has 2 unspecified atom stereocenters. The molecule has 4 heteroatoms. The first-order valence-electron chi connectivity index (χ1n) is 5.76. The lowest BCUT2D eigenvalue weighted by atomic mass is 10.0. The van der Waals surface area contributed by atoms with Gasteiger partial charge in [0.2, 0.25) is 0 Å². The van der Waals surface area contributed by atoms with Gasteiger partial charge in [0.25, 0.3) is 0 Å². The van der Waals surface area contributed by atoms with Crippen molar-refractivity contribution in [1.82, 2.24) is 10.2 Å². The first-order valence-corrected chi connectivity index (χ1v) is 6.56. The van der Waals surface area contributed by atoms with Crippen LogP contribution >= 0.6 is 15.9 Å². The van der Waals surface area contributed by atoms with Crippen molar-refractivity contribution in [3.8, 4) is 11.1 Å². The highest BCUT2D eigenvalue weighted by Gasteiger charge is 2.37. The van der Waals surface area contributed by atoms with E-state index >= 15 is 0 Å². The van der Waals surface area contributed by atoms with Crippen LogP contribution in [0.15, 0.2) is 28.7 Å². The third kappa shape index (κ3) is 1.86. The lowest BCUT2D eigenvalue weighted by Gasteiger charge is -2.04. The van der Waals surface area contributed by atoms with Crippen molar-refractivity contribution in [2.24, 2.45) is 5.92 Å². The number of nitrogens with one attached hydrogen (secondary N) is 1. The molecule has 0 saturated heterocycles. The third-order valence-corrected chi connectivity index (χ3v) is 3.91. The molecule has 3 rings (SSSR count). The van der Waals surface area contributed by atoms with Crippen LogP contribution in [-0.2, 0) is 0 Å². The molecule has 0 amide bonds. The highest BCUT2D eigenvalue weighted by molar-refractivity contribution is 9.10. The molecule has 88 valence electrons. The van der Waals surface area contributed by atoms with Crippen LogP contribution in [0.2, 0.25) is 0 Å². The van der Waals surface area contributed by atoms with Gasteiger partial charge in [0.05, 0.1) is 0 Å². The van der Waals surface area contributed by atoms with Gasteiger partial charge in [0, 0.05) is 21.6 Å². The highest BCUT2D eigenvalue weighted by Crippen LogP contribution is 2.50. The van der Waals surface area contributed by atoms with E-state index in [-0.39, 0.29) is 0 Å². The van der Waals surface area contributed by atoms with Gasteiger partial charge in [-0.15, -0.1) is 0 Å². The van der Waals surface area contributed by atoms with Gasteiger partial charge in [-0.25, -0.2) is 0 Å². The summed E-state index contributed by atoms with van der Waals surface area (Å²) in [5.74, 6) is 1.92. The molecule has 1 saturated carbocycles. The molecule has 2 aromatic rings. The molecule has 1 aromatic heterocycles. The first-order chi connectivity index (χ1) is 8.16. The zero-order valence-electron chi connectivity index (χ0n) is 9.57. The summed E-state index contributed by atoms with van der Waals surface area (Å²) in [7, 11) is 0. The Morgan fingerprint density at radius 3 is 2.88 bits per heavy atom. The number of benzene rings is 1. The largest absolute Gasteiger partial charge is 0.382 e. The Bertz CT molecular complexity index is 562. The SMILES string of the molecule is CC1CC1c1[nH]nc(N)c1-c1cccc(Br)c1. The normalized spacial score (nSPS) is 22.7. The van der Waals surface area contributed by atoms with E-state index in [0.29, 0.717) is 11.7 Å². The number of nitrogens with zero attached hydrogens (tertiary/aromatic N) is 1. The Hall–Kier alpha value is -1.29. The number of nitrogens with two attached hydrogens (primary N) is 1. The van der Waals surface area contributed by atoms with Crippen molar-refractivity contribution >= 4 is 21.7 Å². The number of H-pyrrole nitrogens is 1. The molecular weight excluding hydrogens is 278 g/mol. The van der Waals surface area contributed by atoms with E-state index in [4.69, 9.17) is 5.73 Å². The molecule has 2 atom stereocenters. The zero-order chi connectivity index (χ0) is 12.0. The summed E-state index contributed by atoms with van der Waals surface area (Å²) in [5, 5.41) is 7.25. The predicted molar refractivity (Wildman–Crippen MR) is 72.7 cm³/mol. The lowest BCUT2D eigenvalue weighted by Crippen LogP contribution is -1.90. The van der Waals surface area contributed by atoms with Gasteiger partial charge < -0.3 is 5.73 Å². The molecule has 0 aliphatic heterocycles. The maximum atomic E-state index is 5.98. The van der Waals surface area contributed by atoms with E-state index in [0.717, 1.165) is 21.5 Å². The molecule has 17 heavy (non-hydrogen) atoms. The standard InChI is InChI=1S/C13H14BrN3/c1-7-5-10(7)12-11(13(15)17-16-12)8-3-2-4-9(14)6-8/h2-4,6-7,10H,5H2,1H3,(H3,15,16,17). The van der Waals surface area contributed by atoms with Crippen molar-refractivity contribution in [2.75, 3.05) is 5.73 Å². The fourth-order valence-corrected chi connectivity index (χ4v) is 2.71. The molecule has 1 aromatic carbocycles. The fourth-order valence-electron chi connectivity index (χ4n) is 2.31. The molecule has 3 nitrogen and oxygen atoms in total. The quantitative estimate of drug-likeness (QED) is 0.889. The van der Waals surface area contributed by atoms with Gasteiger partial charge in [-0.3, -0.25) is 5.10 Å². The number of hydrogen-bond donors (Lipinski definition) is 2. The van der Waals surface area contributed by atoms with Crippen LogP contribution < -0.4 is 5.73 Å². The van der Waals surface area contributed by atoms with Gasteiger partial charge >= 0.3 is 0 Å². The van der Waals surface area contributed by atoms with Crippen LogP contribution in [0, 0.1) is 5.92 Å². The zero-order valence-corrected chi connectivity index (χ0v) is 11.2. The predicted octanol–water partition coefficient (Wildman–Crippen LogP) is 3.54. The molecule has 1 aliphatic rings. The summed E-state index contributed by atoms with van der Waals surface area (Å²) in [5.41, 5.74) is 9.36. The van der Waals surface area contributed by atoms with Crippen molar-refractivity contribution in [2.45, 2.75) is 19.3 Å². The maximum Gasteiger partial charge on any atom is 0.153 e. The molecule has 3 N–H and O–H groups in total. The number of rotatable bonds is 2. The van der Waals surface area contributed by atoms with Crippen molar-refractivity contribution in [3.05, 3.63) is 34.4 Å². The molecule has 1 aliphatic carbocycles. The van der Waals surface area contributed by atoms with Crippen molar-refractivity contribution in [3.63, 3.8) is 0 Å². The van der Waals surface area contributed by atoms with Crippen LogP contribution in [-0.4, -0.2) is 10.2 Å². The Morgan fingerprint density at radius 2 is 2.24 bits per heavy atom. The van der Waals surface area contributed by atoms with E-state index in [1.165, 1.54) is 12.1 Å². The average Bonchev–Trinajstić information content (AvgIpc) is 2.88. The second kappa shape index (κ2) is 3.88. The fraction of sp³-hybridized carbons (Fsp3) is 0.308. The van der Waals surface area contributed by atoms with Gasteiger partial charge in [0.1, 0.15) is 0 Å². The second-order valence-electron chi connectivity index (χ2n) is 4.73. The summed E-state index contributed by atoms with van der Waals surface area (Å²) in [6, 6.07) is 8.19. The Morgan fingerprint density at radius 1 is 1.47 bits per heavy atom. The summed E-state index contributed by atoms with van der Waals surface area (Å²) in [4.78, 5) is 0. The second-order valence-corrected chi connectivity index (χ2v) is 5.64. The van der Waals surface area contributed by atoms with E-state index in [2.05, 4.69) is 45.2 Å². The lowest BCUT2D eigenvalue weighted by molar-refractivity contribution is 0.873. The Balaban J connectivity index is 2.10. The highest BCUT2D eigenvalue weighted by atomic mass is 79.9. The molecule has 0 bridgehead atoms. The monoisotopic (exact) mass is 291 g/mol. The summed E-state index contributed by atoms with van der Waals surface area (Å²) in [6.45, 7) is 2.26. The minimum Gasteiger partial charge on any atom is -0.382 e. The number of anilines is 1. The van der Waals surface area contributed by atoms with E-state index in [9.17, 15) is 0 Å². The number of nitrogen functional groups attached to an aromatic ring is 1. The van der Waals surface area contributed by atoms with Crippen molar-refractivity contribution < 1.29 is 0 Å². The number of aromatic nitrogens is 2. The van der Waals surface area contributed by atoms with Gasteiger partial charge in [-0.2, -0.15) is 5.10 Å². The number of aromatic amines is 1. The van der Waals surface area contributed by atoms with Crippen LogP contribution in [0.4, 0.5) is 5.82 Å². The summed E-state index contributed by atoms with van der Waals surface area (Å²) in [6.07, 6.45) is 1.22. The van der Waals surface area contributed by atoms with E-state index in [1.54, 1.807) is 0 Å². The van der Waals surface area contributed by atoms with Crippen LogP contribution in [0.3, 0.4) is 0 Å². The Kier molecular flexibility index (Phi) is 2.47. The third-order valence-electron chi connectivity index (χ3n) is 3.42. The molecule has 1 fully saturated rings. The minimum absolute atomic E-state index is 0.591. The van der Waals surface area contributed by atoms with Crippen LogP contribution in [0.5, 0.6) is 0 Å². The van der Waals surface area contributed by atoms with E-state index < -0.39 is 0 Å². The summed E-state index contributed by atoms with van der Waals surface area (Å²) < 4.78 is 1.06. The smallest absolute Gasteiger partial charge is 0.153 e. The molecule has 0 spiro atoms. The Labute approximate surface area is 109 Å². The van der Waals surface area contributed by atoms with Gasteiger partial charge in [-0.1, -0.05) is 35.0 Å². The van der Waals surface area contributed by atoms with Gasteiger partial charge in [0.15, 0.2) is 5.82 Å². The topological polar surface area (TPSA) is 54.7 Å². The average molecular weight is 292 g/mol. The van der Waals surface area contributed by atoms with Crippen LogP contribution in [0.1, 0.15) is 25.0 Å². The summed E-state index contributed by atoms with van der Waals surface area (Å²) >= 11 is 3.49. The van der Waals surface area contributed by atoms with Gasteiger partial charge in [-0.05, 0) is 30.0 Å². The molecule has 0 radical (unpaired) electrons. The van der Waals surface area contributed by atoms with E-state index in [1.807, 2.05) is 12.1 Å². The van der Waals surface area contributed by atoms with Crippen molar-refractivity contribution in [1.29, 1.82) is 0 Å². The number of hydrogen-bond acceptors (Lipinski definition) is 2. The molecule has 1 heterocycles. The maximum absolute atomic E-state index is 5.98. The minimum atomic E-state index is 0.591. The van der Waals surface area contributed by atoms with Crippen LogP contribution in [0.25, 0.3) is 11.1 Å². The first kappa shape index (κ1) is 10.8. The molecular formula is C13H14BrN3.